The number of hydrogen-bond acceptors (Lipinski definition) is 13. The van der Waals surface area contributed by atoms with Crippen molar-refractivity contribution in [3.63, 3.8) is 0 Å². The smallest absolute Gasteiger partial charge is 0.326 e. The van der Waals surface area contributed by atoms with Gasteiger partial charge in [0.2, 0.25) is 47.3 Å². The number of nitrogens with two attached hydrogens (primary N) is 3. The lowest BCUT2D eigenvalue weighted by molar-refractivity contribution is -0.147. The number of carbonyl (C=O) groups is 9. The summed E-state index contributed by atoms with van der Waals surface area (Å²) >= 11 is 0. The SMILES string of the molecule is NC(N)=NCCC[C@H](NC(=O)[C@H](Cc1ccccc1)NC(=O)[C@@H](Cc1ccccc1)NC(=O)[C@H](CO)NC(=O)[C@H](Cc1ccccc1)NC(=O)CNC(=O)[C@@H]1C[C@@H](O)CN1C(=O)[C@@H]1CCCN1C(=O)C(N)Cc1ccc(-c2ccccc2)cc1)C(=O)O. The number of nitrogens with zero attached hydrogens (tertiary/aromatic N) is 3. The van der Waals surface area contributed by atoms with E-state index in [1.165, 1.54) is 9.80 Å². The molecule has 2 fully saturated rings. The summed E-state index contributed by atoms with van der Waals surface area (Å²) < 4.78 is 0. The van der Waals surface area contributed by atoms with Crippen molar-refractivity contribution >= 4 is 59.2 Å². The Hall–Kier alpha value is -9.52. The average molecular weight is 1190 g/mol. The van der Waals surface area contributed by atoms with Crippen molar-refractivity contribution in [2.75, 3.05) is 32.8 Å². The third kappa shape index (κ3) is 19.2. The molecule has 15 N–H and O–H groups in total. The zero-order chi connectivity index (χ0) is 62.4. The number of hydrogen-bond donors (Lipinski definition) is 12. The fourth-order valence-electron chi connectivity index (χ4n) is 10.6. The Morgan fingerprint density at radius 1 is 0.563 bits per heavy atom. The van der Waals surface area contributed by atoms with E-state index < -0.39 is 121 Å². The predicted octanol–water partition coefficient (Wildman–Crippen LogP) is -0.425. The molecule has 0 radical (unpaired) electrons. The van der Waals surface area contributed by atoms with E-state index in [4.69, 9.17) is 17.2 Å². The second-order valence-corrected chi connectivity index (χ2v) is 21.6. The maximum Gasteiger partial charge on any atom is 0.326 e. The molecule has 5 aromatic rings. The molecule has 1 unspecified atom stereocenters. The highest BCUT2D eigenvalue weighted by atomic mass is 16.4. The van der Waals surface area contributed by atoms with Crippen LogP contribution in [0.15, 0.2) is 151 Å². The second-order valence-electron chi connectivity index (χ2n) is 21.6. The molecule has 0 saturated carbocycles. The quantitative estimate of drug-likeness (QED) is 0.0164. The number of carboxylic acid groups (broad SMARTS) is 1. The lowest BCUT2D eigenvalue weighted by Crippen LogP contribution is -2.60. The van der Waals surface area contributed by atoms with Crippen molar-refractivity contribution < 1.29 is 58.5 Å². The molecule has 0 aromatic heterocycles. The molecule has 2 aliphatic rings. The lowest BCUT2D eigenvalue weighted by Gasteiger charge is -2.32. The summed E-state index contributed by atoms with van der Waals surface area (Å²) in [5, 5.41) is 46.7. The van der Waals surface area contributed by atoms with Gasteiger partial charge in [-0.05, 0) is 65.5 Å². The number of guanidine groups is 1. The maximum absolute atomic E-state index is 14.4. The van der Waals surface area contributed by atoms with Gasteiger partial charge in [-0.25, -0.2) is 4.79 Å². The van der Waals surface area contributed by atoms with Crippen LogP contribution < -0.4 is 49.1 Å². The van der Waals surface area contributed by atoms with Crippen LogP contribution in [0.2, 0.25) is 0 Å². The van der Waals surface area contributed by atoms with E-state index in [1.54, 1.807) is 91.0 Å². The lowest BCUT2D eigenvalue weighted by atomic mass is 10.0. The maximum atomic E-state index is 14.4. The third-order valence-corrected chi connectivity index (χ3v) is 15.1. The Morgan fingerprint density at radius 2 is 1.02 bits per heavy atom. The van der Waals surface area contributed by atoms with Gasteiger partial charge in [0, 0.05) is 45.3 Å². The van der Waals surface area contributed by atoms with Crippen LogP contribution >= 0.6 is 0 Å². The molecule has 5 aromatic carbocycles. The van der Waals surface area contributed by atoms with Crippen molar-refractivity contribution in [1.29, 1.82) is 0 Å². The molecule has 9 atom stereocenters. The van der Waals surface area contributed by atoms with Crippen LogP contribution in [0.25, 0.3) is 11.1 Å². The number of aliphatic hydroxyl groups excluding tert-OH is 2. The summed E-state index contributed by atoms with van der Waals surface area (Å²) in [7, 11) is 0. The van der Waals surface area contributed by atoms with Crippen LogP contribution in [0.5, 0.6) is 0 Å². The van der Waals surface area contributed by atoms with Gasteiger partial charge >= 0.3 is 5.97 Å². The van der Waals surface area contributed by atoms with Crippen LogP contribution in [0.1, 0.15) is 54.4 Å². The summed E-state index contributed by atoms with van der Waals surface area (Å²) in [5.41, 5.74) is 21.9. The number of nitrogens with one attached hydrogen (secondary N) is 6. The summed E-state index contributed by atoms with van der Waals surface area (Å²) in [6, 6.07) is 32.7. The first-order valence-corrected chi connectivity index (χ1v) is 28.9. The minimum Gasteiger partial charge on any atom is -0.480 e. The summed E-state index contributed by atoms with van der Waals surface area (Å²) in [6.07, 6.45) is -0.442. The Balaban J connectivity index is 0.987. The molecule has 2 heterocycles. The monoisotopic (exact) mass is 1190 g/mol. The Bertz CT molecular complexity index is 3180. The van der Waals surface area contributed by atoms with Crippen molar-refractivity contribution in [1.82, 2.24) is 41.7 Å². The Kier molecular flexibility index (Phi) is 24.0. The van der Waals surface area contributed by atoms with Gasteiger partial charge in [-0.2, -0.15) is 0 Å². The van der Waals surface area contributed by atoms with Gasteiger partial charge < -0.3 is 74.2 Å². The molecule has 2 saturated heterocycles. The van der Waals surface area contributed by atoms with Gasteiger partial charge in [0.05, 0.1) is 25.3 Å². The average Bonchev–Trinajstić information content (AvgIpc) is 3.07. The molecule has 24 nitrogen and oxygen atoms in total. The molecule has 0 bridgehead atoms. The van der Waals surface area contributed by atoms with Gasteiger partial charge in [-0.3, -0.25) is 43.3 Å². The second kappa shape index (κ2) is 32.1. The fourth-order valence-corrected chi connectivity index (χ4v) is 10.6. The van der Waals surface area contributed by atoms with Crippen LogP contribution in [-0.2, 0) is 68.8 Å². The highest BCUT2D eigenvalue weighted by molar-refractivity contribution is 5.98. The first kappa shape index (κ1) is 65.0. The van der Waals surface area contributed by atoms with E-state index in [2.05, 4.69) is 36.9 Å². The number of benzene rings is 5. The van der Waals surface area contributed by atoms with Crippen molar-refractivity contribution in [3.05, 3.63) is 168 Å². The molecule has 0 spiro atoms. The highest BCUT2D eigenvalue weighted by Gasteiger charge is 2.45. The number of aliphatic carboxylic acids is 1. The van der Waals surface area contributed by atoms with E-state index in [-0.39, 0.29) is 70.5 Å². The Labute approximate surface area is 503 Å². The van der Waals surface area contributed by atoms with Crippen LogP contribution in [0.3, 0.4) is 0 Å². The molecule has 24 heteroatoms. The topological polar surface area (TPSA) is 383 Å². The van der Waals surface area contributed by atoms with E-state index in [0.29, 0.717) is 29.5 Å². The normalized spacial score (nSPS) is 17.4. The first-order chi connectivity index (χ1) is 41.9. The van der Waals surface area contributed by atoms with Crippen LogP contribution in [0, 0.1) is 0 Å². The molecular formula is C63H76N12O12. The highest BCUT2D eigenvalue weighted by Crippen LogP contribution is 2.27. The number of carboxylic acids is 1. The zero-order valence-corrected chi connectivity index (χ0v) is 48.0. The minimum absolute atomic E-state index is 0.0534. The largest absolute Gasteiger partial charge is 0.480 e. The predicted molar refractivity (Wildman–Crippen MR) is 322 cm³/mol. The number of amides is 8. The van der Waals surface area contributed by atoms with E-state index in [9.17, 15) is 58.5 Å². The minimum atomic E-state index is -1.71. The number of rotatable bonds is 29. The molecule has 87 heavy (non-hydrogen) atoms. The van der Waals surface area contributed by atoms with E-state index in [1.807, 2.05) is 54.6 Å². The van der Waals surface area contributed by atoms with E-state index >= 15 is 0 Å². The van der Waals surface area contributed by atoms with Crippen LogP contribution in [-0.4, -0.2) is 172 Å². The van der Waals surface area contributed by atoms with Crippen molar-refractivity contribution in [3.8, 4) is 11.1 Å². The van der Waals surface area contributed by atoms with Crippen LogP contribution in [0.4, 0.5) is 0 Å². The zero-order valence-electron chi connectivity index (χ0n) is 48.0. The molecule has 7 rings (SSSR count). The number of aliphatic hydroxyl groups is 2. The number of aliphatic imine (C=N–C) groups is 1. The molecule has 8 amide bonds. The third-order valence-electron chi connectivity index (χ3n) is 15.1. The molecule has 460 valence electrons. The molecular weight excluding hydrogens is 1120 g/mol. The number of β-amino-alcohol motifs (C(OH)–C–C–N with tert-alkyl or cyclic N) is 1. The van der Waals surface area contributed by atoms with Gasteiger partial charge in [0.1, 0.15) is 42.3 Å². The van der Waals surface area contributed by atoms with Gasteiger partial charge in [-0.15, -0.1) is 0 Å². The molecule has 0 aliphatic carbocycles. The summed E-state index contributed by atoms with van der Waals surface area (Å²) in [5.74, 6) is -7.80. The number of likely N-dealkylation sites (tertiary alicyclic amines) is 2. The number of carbonyl (C=O) groups excluding carboxylic acids is 8. The van der Waals surface area contributed by atoms with E-state index in [0.717, 1.165) is 16.7 Å². The molecule has 2 aliphatic heterocycles. The summed E-state index contributed by atoms with van der Waals surface area (Å²) in [6.45, 7) is -1.52. The standard InChI is InChI=1S/C63H76N12O12/c64-46(31-42-25-27-44(28-26-42)43-21-11-4-12-22-43)60(84)74-30-14-24-52(74)61(85)75-37-45(77)35-53(75)59(83)68-36-54(78)69-48(32-39-15-5-1-6-16-39)55(79)73-51(38-76)58(82)72-50(34-41-19-9-3-10-20-41)57(81)71-49(33-40-17-7-2-8-18-40)56(80)70-47(62(86)87)23-13-29-67-63(65)66/h1-12,15-22,25-28,45-53,76-77H,13-14,23-24,29-38,64H2,(H,68,83)(H,69,78)(H,70,80)(H,71,81)(H,72,82)(H,73,79)(H,86,87)(H4,65,66,67)/t45-,46?,47+,48+,49+,50-,51+,52+,53+/m1/s1. The van der Waals surface area contributed by atoms with Gasteiger partial charge in [-0.1, -0.05) is 146 Å². The fraction of sp³-hybridized carbons (Fsp3) is 0.365. The van der Waals surface area contributed by atoms with Crippen molar-refractivity contribution in [2.45, 2.75) is 112 Å². The first-order valence-electron chi connectivity index (χ1n) is 28.9. The Morgan fingerprint density at radius 3 is 1.53 bits per heavy atom. The van der Waals surface area contributed by atoms with Gasteiger partial charge in [0.15, 0.2) is 5.96 Å². The van der Waals surface area contributed by atoms with Gasteiger partial charge in [0.25, 0.3) is 0 Å². The summed E-state index contributed by atoms with van der Waals surface area (Å²) in [4.78, 5) is 131. The van der Waals surface area contributed by atoms with Crippen molar-refractivity contribution in [2.24, 2.45) is 22.2 Å².